The number of carbonyl (C=O) groups excluding carboxylic acids is 1. The number of rotatable bonds is 3. The maximum atomic E-state index is 11.4. The minimum Gasteiger partial charge on any atom is -0.478 e. The molecule has 1 amide bonds. The Balaban J connectivity index is 2.49. The molecule has 0 aliphatic rings. The number of ether oxygens (including phenoxy) is 1. The van der Waals surface area contributed by atoms with E-state index in [0.717, 1.165) is 0 Å². The van der Waals surface area contributed by atoms with Gasteiger partial charge < -0.3 is 9.84 Å². The van der Waals surface area contributed by atoms with Crippen molar-refractivity contribution in [1.82, 2.24) is 0 Å². The van der Waals surface area contributed by atoms with Crippen molar-refractivity contribution in [3.8, 4) is 0 Å². The number of fused-ring (bicyclic) bond motifs is 1. The first-order valence-corrected chi connectivity index (χ1v) is 5.82. The maximum Gasteiger partial charge on any atom is 0.411 e. The van der Waals surface area contributed by atoms with Crippen LogP contribution >= 0.6 is 0 Å². The minimum absolute atomic E-state index is 0.199. The van der Waals surface area contributed by atoms with E-state index in [4.69, 9.17) is 9.84 Å². The third-order valence-electron chi connectivity index (χ3n) is 2.67. The Labute approximate surface area is 109 Å². The number of carbonyl (C=O) groups is 2. The predicted octanol–water partition coefficient (Wildman–Crippen LogP) is 3.11. The molecule has 19 heavy (non-hydrogen) atoms. The van der Waals surface area contributed by atoms with Crippen LogP contribution in [0.25, 0.3) is 10.8 Å². The largest absolute Gasteiger partial charge is 0.478 e. The van der Waals surface area contributed by atoms with E-state index >= 15 is 0 Å². The van der Waals surface area contributed by atoms with Crippen molar-refractivity contribution in [2.45, 2.75) is 6.92 Å². The second kappa shape index (κ2) is 5.39. The number of hydrogen-bond acceptors (Lipinski definition) is 3. The number of carboxylic acids is 1. The van der Waals surface area contributed by atoms with E-state index in [9.17, 15) is 9.59 Å². The zero-order chi connectivity index (χ0) is 13.8. The molecule has 0 saturated heterocycles. The van der Waals surface area contributed by atoms with Gasteiger partial charge in [-0.1, -0.05) is 24.3 Å². The molecule has 2 aromatic rings. The summed E-state index contributed by atoms with van der Waals surface area (Å²) in [6.07, 6.45) is -0.560. The molecule has 2 aromatic carbocycles. The van der Waals surface area contributed by atoms with Crippen LogP contribution in [0.15, 0.2) is 36.4 Å². The van der Waals surface area contributed by atoms with E-state index in [1.807, 2.05) is 0 Å². The zero-order valence-electron chi connectivity index (χ0n) is 10.3. The summed E-state index contributed by atoms with van der Waals surface area (Å²) in [6, 6.07) is 10.0. The third kappa shape index (κ3) is 2.65. The number of amides is 1. The van der Waals surface area contributed by atoms with Crippen molar-refractivity contribution >= 4 is 28.5 Å². The summed E-state index contributed by atoms with van der Waals surface area (Å²) in [5, 5.41) is 13.0. The summed E-state index contributed by atoms with van der Waals surface area (Å²) in [5.74, 6) is -1.00. The highest BCUT2D eigenvalue weighted by Crippen LogP contribution is 2.26. The number of hydrogen-bond donors (Lipinski definition) is 2. The maximum absolute atomic E-state index is 11.4. The van der Waals surface area contributed by atoms with Crippen LogP contribution in [0, 0.1) is 0 Å². The van der Waals surface area contributed by atoms with E-state index in [0.29, 0.717) is 16.5 Å². The van der Waals surface area contributed by atoms with Gasteiger partial charge in [-0.3, -0.25) is 5.32 Å². The fraction of sp³-hybridized carbons (Fsp3) is 0.143. The summed E-state index contributed by atoms with van der Waals surface area (Å²) < 4.78 is 4.81. The van der Waals surface area contributed by atoms with Gasteiger partial charge in [-0.25, -0.2) is 9.59 Å². The third-order valence-corrected chi connectivity index (χ3v) is 2.67. The normalized spacial score (nSPS) is 10.2. The smallest absolute Gasteiger partial charge is 0.411 e. The molecule has 0 atom stereocenters. The minimum atomic E-state index is -1.00. The lowest BCUT2D eigenvalue weighted by atomic mass is 10.0. The van der Waals surface area contributed by atoms with Gasteiger partial charge in [0, 0.05) is 5.39 Å². The van der Waals surface area contributed by atoms with Crippen molar-refractivity contribution in [2.24, 2.45) is 0 Å². The molecule has 0 saturated carbocycles. The van der Waals surface area contributed by atoms with Crippen LogP contribution in [0.3, 0.4) is 0 Å². The molecule has 0 spiro atoms. The van der Waals surface area contributed by atoms with Gasteiger partial charge in [0.05, 0.1) is 17.9 Å². The van der Waals surface area contributed by atoms with Crippen LogP contribution in [0.4, 0.5) is 10.5 Å². The molecule has 5 heteroatoms. The predicted molar refractivity (Wildman–Crippen MR) is 71.6 cm³/mol. The van der Waals surface area contributed by atoms with Crippen molar-refractivity contribution in [1.29, 1.82) is 0 Å². The summed E-state index contributed by atoms with van der Waals surface area (Å²) in [5.41, 5.74) is 0.726. The highest BCUT2D eigenvalue weighted by atomic mass is 16.5. The molecular formula is C14H13NO4. The van der Waals surface area contributed by atoms with Crippen LogP contribution in [0.2, 0.25) is 0 Å². The van der Waals surface area contributed by atoms with E-state index in [2.05, 4.69) is 5.32 Å². The standard InChI is InChI=1S/C14H13NO4/c1-2-19-14(18)15-12-8-7-11(13(16)17)9-5-3-4-6-10(9)12/h3-8H,2H2,1H3,(H,15,18)(H,16,17). The van der Waals surface area contributed by atoms with Gasteiger partial charge in [0.25, 0.3) is 0 Å². The van der Waals surface area contributed by atoms with Crippen LogP contribution < -0.4 is 5.32 Å². The van der Waals surface area contributed by atoms with Crippen LogP contribution in [-0.2, 0) is 4.74 Å². The quantitative estimate of drug-likeness (QED) is 0.888. The van der Waals surface area contributed by atoms with Gasteiger partial charge in [-0.2, -0.15) is 0 Å². The summed E-state index contributed by atoms with van der Waals surface area (Å²) in [7, 11) is 0. The summed E-state index contributed by atoms with van der Waals surface area (Å²) in [6.45, 7) is 1.99. The number of aromatic carboxylic acids is 1. The SMILES string of the molecule is CCOC(=O)Nc1ccc(C(=O)O)c2ccccc12. The first-order valence-electron chi connectivity index (χ1n) is 5.82. The average Bonchev–Trinajstić information content (AvgIpc) is 2.39. The summed E-state index contributed by atoms with van der Waals surface area (Å²) in [4.78, 5) is 22.6. The van der Waals surface area contributed by atoms with E-state index in [1.54, 1.807) is 37.3 Å². The van der Waals surface area contributed by atoms with Gasteiger partial charge in [-0.05, 0) is 24.4 Å². The Hall–Kier alpha value is -2.56. The molecule has 2 N–H and O–H groups in total. The van der Waals surface area contributed by atoms with Gasteiger partial charge in [-0.15, -0.1) is 0 Å². The Morgan fingerprint density at radius 3 is 2.47 bits per heavy atom. The van der Waals surface area contributed by atoms with Crippen molar-refractivity contribution < 1.29 is 19.4 Å². The molecule has 0 unspecified atom stereocenters. The fourth-order valence-corrected chi connectivity index (χ4v) is 1.87. The van der Waals surface area contributed by atoms with E-state index < -0.39 is 12.1 Å². The van der Waals surface area contributed by atoms with Crippen molar-refractivity contribution in [3.05, 3.63) is 42.0 Å². The highest BCUT2D eigenvalue weighted by Gasteiger charge is 2.12. The Morgan fingerprint density at radius 1 is 1.16 bits per heavy atom. The van der Waals surface area contributed by atoms with Crippen molar-refractivity contribution in [2.75, 3.05) is 11.9 Å². The van der Waals surface area contributed by atoms with Crippen LogP contribution in [-0.4, -0.2) is 23.8 Å². The zero-order valence-corrected chi connectivity index (χ0v) is 10.3. The lowest BCUT2D eigenvalue weighted by Crippen LogP contribution is -2.13. The molecule has 98 valence electrons. The molecule has 0 bridgehead atoms. The average molecular weight is 259 g/mol. The molecule has 0 radical (unpaired) electrons. The van der Waals surface area contributed by atoms with E-state index in [-0.39, 0.29) is 12.2 Å². The molecular weight excluding hydrogens is 246 g/mol. The topological polar surface area (TPSA) is 75.6 Å². The molecule has 5 nitrogen and oxygen atoms in total. The summed E-state index contributed by atoms with van der Waals surface area (Å²) >= 11 is 0. The van der Waals surface area contributed by atoms with Gasteiger partial charge >= 0.3 is 12.1 Å². The monoisotopic (exact) mass is 259 g/mol. The second-order valence-corrected chi connectivity index (χ2v) is 3.86. The number of benzene rings is 2. The molecule has 0 aliphatic carbocycles. The second-order valence-electron chi connectivity index (χ2n) is 3.86. The molecule has 0 heterocycles. The molecule has 0 aliphatic heterocycles. The lowest BCUT2D eigenvalue weighted by Gasteiger charge is -2.10. The van der Waals surface area contributed by atoms with Gasteiger partial charge in [0.15, 0.2) is 0 Å². The van der Waals surface area contributed by atoms with Gasteiger partial charge in [0.1, 0.15) is 0 Å². The Bertz CT molecular complexity index is 636. The molecule has 0 fully saturated rings. The molecule has 0 aromatic heterocycles. The number of anilines is 1. The van der Waals surface area contributed by atoms with E-state index in [1.165, 1.54) is 6.07 Å². The van der Waals surface area contributed by atoms with Crippen LogP contribution in [0.5, 0.6) is 0 Å². The first-order chi connectivity index (χ1) is 9.13. The van der Waals surface area contributed by atoms with Gasteiger partial charge in [0.2, 0.25) is 0 Å². The highest BCUT2D eigenvalue weighted by molar-refractivity contribution is 6.09. The van der Waals surface area contributed by atoms with Crippen LogP contribution in [0.1, 0.15) is 17.3 Å². The first kappa shape index (κ1) is 12.9. The number of carboxylic acid groups (broad SMARTS) is 1. The number of nitrogens with one attached hydrogen (secondary N) is 1. The molecule has 2 rings (SSSR count). The lowest BCUT2D eigenvalue weighted by molar-refractivity contribution is 0.0699. The van der Waals surface area contributed by atoms with Crippen molar-refractivity contribution in [3.63, 3.8) is 0 Å². The Morgan fingerprint density at radius 2 is 1.84 bits per heavy atom. The Kier molecular flexibility index (Phi) is 3.66. The fourth-order valence-electron chi connectivity index (χ4n) is 1.87.